The Bertz CT molecular complexity index is 1380. The van der Waals surface area contributed by atoms with Crippen molar-refractivity contribution in [1.82, 2.24) is 19.5 Å². The summed E-state index contributed by atoms with van der Waals surface area (Å²) in [6.07, 6.45) is -4.62. The molecule has 3 heterocycles. The molecule has 17 heteroatoms. The van der Waals surface area contributed by atoms with Crippen LogP contribution in [0.4, 0.5) is 5.82 Å². The van der Waals surface area contributed by atoms with Crippen LogP contribution in [0.2, 0.25) is 0 Å². The Balaban J connectivity index is 1.57. The van der Waals surface area contributed by atoms with Gasteiger partial charge in [-0.05, 0) is 18.1 Å². The highest BCUT2D eigenvalue weighted by molar-refractivity contribution is 7.60. The number of hydrogen-bond acceptors (Lipinski definition) is 11. The predicted octanol–water partition coefficient (Wildman–Crippen LogP) is -0.346. The second kappa shape index (κ2) is 9.73. The molecule has 186 valence electrons. The molecule has 5 unspecified atom stereocenters. The second-order valence-electron chi connectivity index (χ2n) is 7.26. The number of nitrogens with zero attached hydrogens (tertiary/aromatic N) is 4. The molecule has 0 spiro atoms. The topological polar surface area (TPSA) is 233 Å². The molecule has 7 N–H and O–H groups in total. The van der Waals surface area contributed by atoms with Gasteiger partial charge in [0.1, 0.15) is 23.8 Å². The summed E-state index contributed by atoms with van der Waals surface area (Å²) in [7, 11) is -10.5. The van der Waals surface area contributed by atoms with Gasteiger partial charge in [-0.3, -0.25) is 9.09 Å². The summed E-state index contributed by atoms with van der Waals surface area (Å²) < 4.78 is 37.4. The Kier molecular flexibility index (Phi) is 7.05. The number of phosphoric acid groups is 2. The first-order valence-corrected chi connectivity index (χ1v) is 12.8. The summed E-state index contributed by atoms with van der Waals surface area (Å²) in [5.74, 6) is 5.74. The number of aliphatic hydroxyl groups excluding tert-OH is 2. The lowest BCUT2D eigenvalue weighted by molar-refractivity contribution is -0.0503. The van der Waals surface area contributed by atoms with Crippen LogP contribution in [-0.2, 0) is 22.7 Å². The molecule has 3 aromatic rings. The van der Waals surface area contributed by atoms with E-state index in [1.54, 1.807) is 12.1 Å². The number of phosphoric ester groups is 1. The van der Waals surface area contributed by atoms with Crippen LogP contribution >= 0.6 is 15.6 Å². The van der Waals surface area contributed by atoms with E-state index in [9.17, 15) is 24.2 Å². The van der Waals surface area contributed by atoms with Crippen molar-refractivity contribution in [2.75, 3.05) is 12.3 Å². The molecule has 35 heavy (non-hydrogen) atoms. The molecule has 15 nitrogen and oxygen atoms in total. The number of imidazole rings is 1. The summed E-state index contributed by atoms with van der Waals surface area (Å²) in [5.41, 5.74) is 6.99. The van der Waals surface area contributed by atoms with E-state index in [4.69, 9.17) is 20.3 Å². The van der Waals surface area contributed by atoms with Crippen molar-refractivity contribution in [3.05, 3.63) is 48.0 Å². The number of rotatable bonds is 6. The van der Waals surface area contributed by atoms with Gasteiger partial charge in [-0.25, -0.2) is 24.1 Å². The Labute approximate surface area is 197 Å². The van der Waals surface area contributed by atoms with Gasteiger partial charge >= 0.3 is 15.6 Å². The molecule has 0 bridgehead atoms. The summed E-state index contributed by atoms with van der Waals surface area (Å²) in [5, 5.41) is 20.8. The first-order chi connectivity index (χ1) is 16.4. The average molecular weight is 527 g/mol. The van der Waals surface area contributed by atoms with Crippen molar-refractivity contribution in [1.29, 1.82) is 0 Å². The van der Waals surface area contributed by atoms with Crippen LogP contribution < -0.4 is 5.73 Å². The third kappa shape index (κ3) is 5.92. The molecule has 1 aromatic carbocycles. The van der Waals surface area contributed by atoms with Crippen molar-refractivity contribution in [2.45, 2.75) is 24.5 Å². The van der Waals surface area contributed by atoms with Gasteiger partial charge in [0.25, 0.3) is 0 Å². The molecule has 0 aliphatic carbocycles. The number of nitrogen functional groups attached to an aromatic ring is 1. The number of hydrogen-bond donors (Lipinski definition) is 6. The Morgan fingerprint density at radius 1 is 1.09 bits per heavy atom. The number of fused-ring (bicyclic) bond motifs is 1. The van der Waals surface area contributed by atoms with Crippen LogP contribution in [0.1, 0.15) is 17.6 Å². The predicted molar refractivity (Wildman–Crippen MR) is 117 cm³/mol. The van der Waals surface area contributed by atoms with Crippen molar-refractivity contribution in [3.63, 3.8) is 0 Å². The highest BCUT2D eigenvalue weighted by Gasteiger charge is 2.46. The van der Waals surface area contributed by atoms with Crippen LogP contribution in [0.3, 0.4) is 0 Å². The molecule has 4 rings (SSSR count). The first-order valence-electron chi connectivity index (χ1n) is 9.76. The number of benzene rings is 1. The fourth-order valence-electron chi connectivity index (χ4n) is 3.25. The highest BCUT2D eigenvalue weighted by atomic mass is 31.3. The van der Waals surface area contributed by atoms with E-state index in [2.05, 4.69) is 35.6 Å². The summed E-state index contributed by atoms with van der Waals surface area (Å²) in [6.45, 7) is -0.847. The van der Waals surface area contributed by atoms with Crippen molar-refractivity contribution >= 4 is 32.6 Å². The summed E-state index contributed by atoms with van der Waals surface area (Å²) >= 11 is 0. The molecule has 5 atom stereocenters. The smallest absolute Gasteiger partial charge is 0.387 e. The zero-order valence-corrected chi connectivity index (χ0v) is 19.3. The minimum Gasteiger partial charge on any atom is -0.387 e. The molecular formula is C18H19N5O10P2. The van der Waals surface area contributed by atoms with Gasteiger partial charge in [-0.2, -0.15) is 4.31 Å². The molecule has 1 aliphatic heterocycles. The van der Waals surface area contributed by atoms with E-state index in [-0.39, 0.29) is 22.8 Å². The quantitative estimate of drug-likeness (QED) is 0.178. The summed E-state index contributed by atoms with van der Waals surface area (Å²) in [4.78, 5) is 39.3. The Morgan fingerprint density at radius 2 is 1.80 bits per heavy atom. The van der Waals surface area contributed by atoms with Crippen molar-refractivity contribution in [2.24, 2.45) is 0 Å². The first kappa shape index (κ1) is 25.4. The molecule has 1 saturated heterocycles. The van der Waals surface area contributed by atoms with Gasteiger partial charge in [0.05, 0.1) is 12.9 Å². The van der Waals surface area contributed by atoms with Crippen molar-refractivity contribution in [3.8, 4) is 11.8 Å². The van der Waals surface area contributed by atoms with Gasteiger partial charge in [-0.1, -0.05) is 24.1 Å². The standard InChI is InChI=1S/C18H19N5O10P2/c19-16-13-17(22-12(21-16)7-6-10-4-2-1-3-5-10)23(9-20-13)18-15(25)14(24)11(32-18)8-31-35(29,30)33-34(26,27)28/h1-5,9,11,14-15,18,24-25H,8H2,(H,29,30)(H2,19,21,22)(H2,26,27,28). The molecule has 0 radical (unpaired) electrons. The maximum Gasteiger partial charge on any atom is 0.481 e. The fraction of sp³-hybridized carbons (Fsp3) is 0.278. The van der Waals surface area contributed by atoms with Crippen LogP contribution in [0, 0.1) is 11.8 Å². The van der Waals surface area contributed by atoms with Gasteiger partial charge in [-0.15, -0.1) is 0 Å². The lowest BCUT2D eigenvalue weighted by Gasteiger charge is -2.17. The van der Waals surface area contributed by atoms with E-state index >= 15 is 0 Å². The van der Waals surface area contributed by atoms with Crippen LogP contribution in [0.5, 0.6) is 0 Å². The lowest BCUT2D eigenvalue weighted by Crippen LogP contribution is -2.33. The van der Waals surface area contributed by atoms with Gasteiger partial charge in [0.2, 0.25) is 5.82 Å². The zero-order chi connectivity index (χ0) is 25.4. The monoisotopic (exact) mass is 527 g/mol. The largest absolute Gasteiger partial charge is 0.481 e. The van der Waals surface area contributed by atoms with Gasteiger partial charge < -0.3 is 35.4 Å². The third-order valence-electron chi connectivity index (χ3n) is 4.76. The van der Waals surface area contributed by atoms with E-state index in [1.807, 2.05) is 18.2 Å². The van der Waals surface area contributed by atoms with Crippen LogP contribution in [0.25, 0.3) is 11.2 Å². The average Bonchev–Trinajstić information content (AvgIpc) is 3.31. The second-order valence-corrected chi connectivity index (χ2v) is 10.1. The van der Waals surface area contributed by atoms with Crippen molar-refractivity contribution < 1.29 is 47.6 Å². The number of ether oxygens (including phenoxy) is 1. The molecule has 0 amide bonds. The normalized spacial score (nSPS) is 24.1. The summed E-state index contributed by atoms with van der Waals surface area (Å²) in [6, 6.07) is 9.06. The van der Waals surface area contributed by atoms with Crippen LogP contribution in [-0.4, -0.2) is 69.3 Å². The molecule has 2 aromatic heterocycles. The number of nitrogens with two attached hydrogens (primary N) is 1. The van der Waals surface area contributed by atoms with E-state index in [0.717, 1.165) is 0 Å². The molecule has 0 saturated carbocycles. The maximum atomic E-state index is 11.7. The fourth-order valence-corrected chi connectivity index (χ4v) is 4.85. The third-order valence-corrected chi connectivity index (χ3v) is 6.92. The van der Waals surface area contributed by atoms with Crippen LogP contribution in [0.15, 0.2) is 36.7 Å². The highest BCUT2D eigenvalue weighted by Crippen LogP contribution is 2.57. The number of anilines is 1. The lowest BCUT2D eigenvalue weighted by atomic mass is 10.1. The maximum absolute atomic E-state index is 11.7. The molecule has 1 fully saturated rings. The Morgan fingerprint density at radius 3 is 2.49 bits per heavy atom. The zero-order valence-electron chi connectivity index (χ0n) is 17.5. The van der Waals surface area contributed by atoms with Gasteiger partial charge in [0.15, 0.2) is 17.7 Å². The van der Waals surface area contributed by atoms with E-state index in [0.29, 0.717) is 5.56 Å². The molecule has 1 aliphatic rings. The SMILES string of the molecule is Nc1nc(C#Cc2ccccc2)nc2c1ncn2C1OC(COP(=O)(O)OP(=O)(O)O)C(O)C1O. The minimum atomic E-state index is -5.33. The number of aromatic nitrogens is 4. The minimum absolute atomic E-state index is 0.00911. The Hall–Kier alpha value is -2.73. The van der Waals surface area contributed by atoms with Gasteiger partial charge in [0, 0.05) is 5.56 Å². The number of aliphatic hydroxyl groups is 2. The molecular weight excluding hydrogens is 508 g/mol. The van der Waals surface area contributed by atoms with E-state index < -0.39 is 46.8 Å². The van der Waals surface area contributed by atoms with E-state index in [1.165, 1.54) is 10.9 Å².